The average Bonchev–Trinajstić information content (AvgIpc) is 2.42. The zero-order valence-electron chi connectivity index (χ0n) is 11.2. The van der Waals surface area contributed by atoms with Crippen LogP contribution in [0.5, 0.6) is 0 Å². The molecule has 1 saturated heterocycles. The number of benzene rings is 1. The van der Waals surface area contributed by atoms with Gasteiger partial charge in [0.05, 0.1) is 11.6 Å². The lowest BCUT2D eigenvalue weighted by atomic mass is 9.99. The molecule has 108 valence electrons. The van der Waals surface area contributed by atoms with E-state index in [0.717, 1.165) is 16.5 Å². The van der Waals surface area contributed by atoms with Crippen molar-refractivity contribution in [1.29, 1.82) is 0 Å². The molecule has 2 rings (SSSR count). The van der Waals surface area contributed by atoms with Crippen molar-refractivity contribution in [2.75, 3.05) is 18.4 Å². The quantitative estimate of drug-likeness (QED) is 0.869. The minimum Gasteiger partial charge on any atom is -0.481 e. The SMILES string of the molecule is Cc1ccc(NC(=O)N2CCCC(C(=O)O)C2)c(Br)c1. The number of carboxylic acids is 1. The van der Waals surface area contributed by atoms with E-state index in [9.17, 15) is 9.59 Å². The van der Waals surface area contributed by atoms with E-state index < -0.39 is 11.9 Å². The zero-order valence-corrected chi connectivity index (χ0v) is 12.8. The summed E-state index contributed by atoms with van der Waals surface area (Å²) in [4.78, 5) is 24.7. The number of carboxylic acid groups (broad SMARTS) is 1. The van der Waals surface area contributed by atoms with Gasteiger partial charge in [0.25, 0.3) is 0 Å². The van der Waals surface area contributed by atoms with E-state index in [-0.39, 0.29) is 12.6 Å². The van der Waals surface area contributed by atoms with Gasteiger partial charge in [0, 0.05) is 17.6 Å². The summed E-state index contributed by atoms with van der Waals surface area (Å²) in [5.74, 6) is -1.30. The van der Waals surface area contributed by atoms with Crippen LogP contribution in [-0.4, -0.2) is 35.1 Å². The molecule has 0 radical (unpaired) electrons. The number of nitrogens with one attached hydrogen (secondary N) is 1. The number of carbonyl (C=O) groups excluding carboxylic acids is 1. The van der Waals surface area contributed by atoms with E-state index in [1.165, 1.54) is 0 Å². The van der Waals surface area contributed by atoms with Crippen LogP contribution in [0.4, 0.5) is 10.5 Å². The van der Waals surface area contributed by atoms with Crippen molar-refractivity contribution < 1.29 is 14.7 Å². The number of anilines is 1. The second kappa shape index (κ2) is 6.26. The Morgan fingerprint density at radius 3 is 2.85 bits per heavy atom. The second-order valence-electron chi connectivity index (χ2n) is 5.04. The molecule has 0 saturated carbocycles. The number of urea groups is 1. The molecule has 1 atom stereocenters. The maximum absolute atomic E-state index is 12.2. The van der Waals surface area contributed by atoms with Crippen LogP contribution in [0.15, 0.2) is 22.7 Å². The minimum absolute atomic E-state index is 0.250. The third-order valence-corrected chi connectivity index (χ3v) is 4.08. The van der Waals surface area contributed by atoms with Crippen LogP contribution >= 0.6 is 15.9 Å². The van der Waals surface area contributed by atoms with Gasteiger partial charge in [-0.2, -0.15) is 0 Å². The summed E-state index contributed by atoms with van der Waals surface area (Å²) in [5.41, 5.74) is 1.79. The van der Waals surface area contributed by atoms with E-state index in [1.54, 1.807) is 4.90 Å². The van der Waals surface area contributed by atoms with E-state index in [2.05, 4.69) is 21.2 Å². The molecule has 1 unspecified atom stereocenters. The molecule has 1 aromatic rings. The zero-order chi connectivity index (χ0) is 14.7. The summed E-state index contributed by atoms with van der Waals surface area (Å²) < 4.78 is 0.817. The number of hydrogen-bond acceptors (Lipinski definition) is 2. The van der Waals surface area contributed by atoms with Crippen LogP contribution < -0.4 is 5.32 Å². The van der Waals surface area contributed by atoms with E-state index in [0.29, 0.717) is 18.7 Å². The van der Waals surface area contributed by atoms with Gasteiger partial charge in [0.1, 0.15) is 0 Å². The first-order valence-electron chi connectivity index (χ1n) is 6.52. The molecule has 1 aliphatic heterocycles. The fourth-order valence-electron chi connectivity index (χ4n) is 2.28. The summed E-state index contributed by atoms with van der Waals surface area (Å²) in [7, 11) is 0. The summed E-state index contributed by atoms with van der Waals surface area (Å²) >= 11 is 3.41. The normalized spacial score (nSPS) is 18.7. The molecule has 6 heteroatoms. The van der Waals surface area contributed by atoms with Crippen molar-refractivity contribution in [2.45, 2.75) is 19.8 Å². The minimum atomic E-state index is -0.834. The Labute approximate surface area is 126 Å². The number of aliphatic carboxylic acids is 1. The van der Waals surface area contributed by atoms with Crippen LogP contribution in [0.2, 0.25) is 0 Å². The van der Waals surface area contributed by atoms with Gasteiger partial charge in [-0.05, 0) is 53.4 Å². The van der Waals surface area contributed by atoms with Crippen molar-refractivity contribution in [3.05, 3.63) is 28.2 Å². The number of halogens is 1. The Morgan fingerprint density at radius 2 is 2.20 bits per heavy atom. The van der Waals surface area contributed by atoms with Gasteiger partial charge in [-0.1, -0.05) is 6.07 Å². The number of likely N-dealkylation sites (tertiary alicyclic amines) is 1. The van der Waals surface area contributed by atoms with Crippen molar-refractivity contribution >= 4 is 33.6 Å². The van der Waals surface area contributed by atoms with Gasteiger partial charge in [0.15, 0.2) is 0 Å². The fourth-order valence-corrected chi connectivity index (χ4v) is 2.87. The average molecular weight is 341 g/mol. The van der Waals surface area contributed by atoms with Crippen LogP contribution in [0.3, 0.4) is 0 Å². The Balaban J connectivity index is 2.02. The predicted octanol–water partition coefficient (Wildman–Crippen LogP) is 3.09. The molecule has 2 amide bonds. The second-order valence-corrected chi connectivity index (χ2v) is 5.89. The first kappa shape index (κ1) is 14.8. The molecule has 1 heterocycles. The molecule has 0 bridgehead atoms. The summed E-state index contributed by atoms with van der Waals surface area (Å²) in [6.07, 6.45) is 1.35. The van der Waals surface area contributed by atoms with Gasteiger partial charge in [0.2, 0.25) is 0 Å². The smallest absolute Gasteiger partial charge is 0.321 e. The monoisotopic (exact) mass is 340 g/mol. The topological polar surface area (TPSA) is 69.6 Å². The van der Waals surface area contributed by atoms with Gasteiger partial charge in [-0.3, -0.25) is 4.79 Å². The highest BCUT2D eigenvalue weighted by atomic mass is 79.9. The highest BCUT2D eigenvalue weighted by Crippen LogP contribution is 2.24. The highest BCUT2D eigenvalue weighted by Gasteiger charge is 2.28. The molecule has 0 aliphatic carbocycles. The van der Waals surface area contributed by atoms with E-state index in [4.69, 9.17) is 5.11 Å². The van der Waals surface area contributed by atoms with Crippen molar-refractivity contribution in [2.24, 2.45) is 5.92 Å². The molecular weight excluding hydrogens is 324 g/mol. The molecule has 1 aliphatic rings. The standard InChI is InChI=1S/C14H17BrN2O3/c1-9-4-5-12(11(15)7-9)16-14(20)17-6-2-3-10(8-17)13(18)19/h4-5,7,10H,2-3,6,8H2,1H3,(H,16,20)(H,18,19). The Hall–Kier alpha value is -1.56. The van der Waals surface area contributed by atoms with Crippen LogP contribution in [0, 0.1) is 12.8 Å². The molecule has 20 heavy (non-hydrogen) atoms. The number of hydrogen-bond donors (Lipinski definition) is 2. The Morgan fingerprint density at radius 1 is 1.45 bits per heavy atom. The van der Waals surface area contributed by atoms with E-state index in [1.807, 2.05) is 25.1 Å². The number of piperidine rings is 1. The number of aryl methyl sites for hydroxylation is 1. The molecule has 0 aromatic heterocycles. The summed E-state index contributed by atoms with van der Waals surface area (Å²) in [5, 5.41) is 11.9. The largest absolute Gasteiger partial charge is 0.481 e. The maximum atomic E-state index is 12.2. The number of nitrogens with zero attached hydrogens (tertiary/aromatic N) is 1. The molecular formula is C14H17BrN2O3. The van der Waals surface area contributed by atoms with Gasteiger partial charge < -0.3 is 15.3 Å². The third kappa shape index (κ3) is 3.50. The Bertz CT molecular complexity index is 533. The van der Waals surface area contributed by atoms with Crippen LogP contribution in [-0.2, 0) is 4.79 Å². The lowest BCUT2D eigenvalue weighted by Gasteiger charge is -2.30. The van der Waals surface area contributed by atoms with Crippen molar-refractivity contribution in [3.63, 3.8) is 0 Å². The third-order valence-electron chi connectivity index (χ3n) is 3.42. The molecule has 1 fully saturated rings. The fraction of sp³-hybridized carbons (Fsp3) is 0.429. The maximum Gasteiger partial charge on any atom is 0.321 e. The predicted molar refractivity (Wildman–Crippen MR) is 79.8 cm³/mol. The van der Waals surface area contributed by atoms with Gasteiger partial charge >= 0.3 is 12.0 Å². The molecule has 1 aromatic carbocycles. The van der Waals surface area contributed by atoms with Crippen molar-refractivity contribution in [3.8, 4) is 0 Å². The number of amides is 2. The van der Waals surface area contributed by atoms with Crippen molar-refractivity contribution in [1.82, 2.24) is 4.90 Å². The highest BCUT2D eigenvalue weighted by molar-refractivity contribution is 9.10. The van der Waals surface area contributed by atoms with Crippen LogP contribution in [0.1, 0.15) is 18.4 Å². The molecule has 0 spiro atoms. The van der Waals surface area contributed by atoms with Gasteiger partial charge in [-0.15, -0.1) is 0 Å². The van der Waals surface area contributed by atoms with Gasteiger partial charge in [-0.25, -0.2) is 4.79 Å². The van der Waals surface area contributed by atoms with Crippen LogP contribution in [0.25, 0.3) is 0 Å². The molecule has 2 N–H and O–H groups in total. The summed E-state index contributed by atoms with van der Waals surface area (Å²) in [6, 6.07) is 5.42. The lowest BCUT2D eigenvalue weighted by molar-refractivity contribution is -0.143. The first-order chi connectivity index (χ1) is 9.47. The lowest BCUT2D eigenvalue weighted by Crippen LogP contribution is -2.44. The number of carbonyl (C=O) groups is 2. The summed E-state index contributed by atoms with van der Waals surface area (Å²) in [6.45, 7) is 2.84. The Kier molecular flexibility index (Phi) is 4.65. The van der Waals surface area contributed by atoms with E-state index >= 15 is 0 Å². The number of rotatable bonds is 2. The first-order valence-corrected chi connectivity index (χ1v) is 7.31. The molecule has 5 nitrogen and oxygen atoms in total.